The number of carbonyl (C=O) groups excluding carboxylic acids is 2. The van der Waals surface area contributed by atoms with Gasteiger partial charge in [0.25, 0.3) is 0 Å². The molecular weight excluding hydrogens is 236 g/mol. The van der Waals surface area contributed by atoms with Crippen LogP contribution in [0.25, 0.3) is 0 Å². The van der Waals surface area contributed by atoms with Gasteiger partial charge in [0.2, 0.25) is 0 Å². The highest BCUT2D eigenvalue weighted by molar-refractivity contribution is 5.97. The molecule has 1 fully saturated rings. The molecule has 0 aromatic carbocycles. The van der Waals surface area contributed by atoms with Crippen molar-refractivity contribution in [3.8, 4) is 0 Å². The summed E-state index contributed by atoms with van der Waals surface area (Å²) in [6.45, 7) is 1.49. The fourth-order valence-corrected chi connectivity index (χ4v) is 3.67. The lowest BCUT2D eigenvalue weighted by molar-refractivity contribution is -0.125. The van der Waals surface area contributed by atoms with Gasteiger partial charge in [0, 0.05) is 6.42 Å². The maximum Gasteiger partial charge on any atom is 0.140 e. The summed E-state index contributed by atoms with van der Waals surface area (Å²) < 4.78 is 0. The monoisotopic (exact) mass is 262 g/mol. The van der Waals surface area contributed by atoms with E-state index in [-0.39, 0.29) is 18.0 Å². The van der Waals surface area contributed by atoms with E-state index in [2.05, 4.69) is 12.2 Å². The predicted octanol–water partition coefficient (Wildman–Crippen LogP) is 4.09. The van der Waals surface area contributed by atoms with Crippen LogP contribution in [-0.4, -0.2) is 11.6 Å². The molecule has 19 heavy (non-hydrogen) atoms. The van der Waals surface area contributed by atoms with Gasteiger partial charge in [-0.3, -0.25) is 9.59 Å². The van der Waals surface area contributed by atoms with Gasteiger partial charge >= 0.3 is 0 Å². The Bertz CT molecular complexity index is 356. The Balaban J connectivity index is 1.46. The van der Waals surface area contributed by atoms with Crippen LogP contribution < -0.4 is 0 Å². The quantitative estimate of drug-likeness (QED) is 0.356. The van der Waals surface area contributed by atoms with Crippen molar-refractivity contribution < 1.29 is 9.59 Å². The number of allylic oxidation sites excluding steroid dienone is 2. The Labute approximate surface area is 116 Å². The summed E-state index contributed by atoms with van der Waals surface area (Å²) >= 11 is 0. The maximum absolute atomic E-state index is 11.4. The zero-order chi connectivity index (χ0) is 13.7. The normalized spacial score (nSPS) is 27.9. The van der Waals surface area contributed by atoms with E-state index >= 15 is 0 Å². The van der Waals surface area contributed by atoms with Crippen molar-refractivity contribution in [2.45, 2.75) is 64.7 Å². The third-order valence-electron chi connectivity index (χ3n) is 4.64. The molecule has 3 unspecified atom stereocenters. The first-order chi connectivity index (χ1) is 9.15. The highest BCUT2D eigenvalue weighted by Crippen LogP contribution is 2.45. The zero-order valence-corrected chi connectivity index (χ0v) is 12.1. The molecular formula is C17H26O2. The molecule has 1 saturated carbocycles. The molecule has 2 heteroatoms. The number of unbranched alkanes of at least 4 members (excludes halogenated alkanes) is 3. The van der Waals surface area contributed by atoms with Gasteiger partial charge in [-0.25, -0.2) is 0 Å². The summed E-state index contributed by atoms with van der Waals surface area (Å²) in [5.41, 5.74) is 0. The molecule has 0 radical (unpaired) electrons. The molecule has 2 nitrogen and oxygen atoms in total. The highest BCUT2D eigenvalue weighted by atomic mass is 16.1. The zero-order valence-electron chi connectivity index (χ0n) is 12.1. The molecule has 2 aliphatic carbocycles. The smallest absolute Gasteiger partial charge is 0.140 e. The molecule has 2 aliphatic rings. The number of Topliss-reactive ketones (excluding diaryl/α,β-unsaturated/α-hetero) is 2. The minimum Gasteiger partial charge on any atom is -0.300 e. The van der Waals surface area contributed by atoms with E-state index in [0.717, 1.165) is 30.6 Å². The van der Waals surface area contributed by atoms with Crippen molar-refractivity contribution in [3.63, 3.8) is 0 Å². The molecule has 0 saturated heterocycles. The Morgan fingerprint density at radius 1 is 1.05 bits per heavy atom. The number of carbonyl (C=O) groups is 2. The lowest BCUT2D eigenvalue weighted by Gasteiger charge is -2.17. The Morgan fingerprint density at radius 3 is 2.47 bits per heavy atom. The Kier molecular flexibility index (Phi) is 5.35. The van der Waals surface area contributed by atoms with Gasteiger partial charge in [-0.05, 0) is 50.4 Å². The van der Waals surface area contributed by atoms with Crippen LogP contribution in [0, 0.1) is 17.8 Å². The van der Waals surface area contributed by atoms with Gasteiger partial charge < -0.3 is 0 Å². The van der Waals surface area contributed by atoms with E-state index < -0.39 is 0 Å². The Hall–Kier alpha value is -0.920. The van der Waals surface area contributed by atoms with Crippen LogP contribution in [0.5, 0.6) is 0 Å². The SMILES string of the molecule is CC(=O)CC(=O)CCCCCCC1CC2C=CC1C2. The van der Waals surface area contributed by atoms with Gasteiger partial charge in [-0.1, -0.05) is 31.4 Å². The average Bonchev–Trinajstić information content (AvgIpc) is 2.94. The third kappa shape index (κ3) is 4.59. The van der Waals surface area contributed by atoms with Gasteiger partial charge in [0.05, 0.1) is 6.42 Å². The van der Waals surface area contributed by atoms with Gasteiger partial charge in [0.15, 0.2) is 0 Å². The molecule has 3 atom stereocenters. The molecule has 2 bridgehead atoms. The van der Waals surface area contributed by atoms with Crippen molar-refractivity contribution in [1.82, 2.24) is 0 Å². The van der Waals surface area contributed by atoms with E-state index in [0.29, 0.717) is 6.42 Å². The van der Waals surface area contributed by atoms with E-state index in [1.807, 2.05) is 0 Å². The molecule has 106 valence electrons. The van der Waals surface area contributed by atoms with Crippen LogP contribution >= 0.6 is 0 Å². The third-order valence-corrected chi connectivity index (χ3v) is 4.64. The van der Waals surface area contributed by atoms with Gasteiger partial charge in [-0.15, -0.1) is 0 Å². The summed E-state index contributed by atoms with van der Waals surface area (Å²) in [6.07, 6.45) is 14.4. The van der Waals surface area contributed by atoms with Crippen LogP contribution in [0.2, 0.25) is 0 Å². The van der Waals surface area contributed by atoms with Crippen LogP contribution in [-0.2, 0) is 9.59 Å². The molecule has 0 N–H and O–H groups in total. The maximum atomic E-state index is 11.4. The molecule has 2 rings (SSSR count). The van der Waals surface area contributed by atoms with Gasteiger partial charge in [0.1, 0.15) is 11.6 Å². The molecule has 0 amide bonds. The molecule has 0 heterocycles. The average molecular weight is 262 g/mol. The largest absolute Gasteiger partial charge is 0.300 e. The number of hydrogen-bond acceptors (Lipinski definition) is 2. The first-order valence-corrected chi connectivity index (χ1v) is 7.84. The summed E-state index contributed by atoms with van der Waals surface area (Å²) in [7, 11) is 0. The van der Waals surface area contributed by atoms with Crippen LogP contribution in [0.15, 0.2) is 12.2 Å². The Morgan fingerprint density at radius 2 is 1.84 bits per heavy atom. The predicted molar refractivity (Wildman–Crippen MR) is 76.9 cm³/mol. The number of ketones is 2. The van der Waals surface area contributed by atoms with Crippen molar-refractivity contribution in [1.29, 1.82) is 0 Å². The standard InChI is InChI=1S/C17H26O2/c1-13(18)10-17(19)7-5-3-2-4-6-15-11-14-8-9-16(15)12-14/h8-9,14-16H,2-7,10-12H2,1H3. The van der Waals surface area contributed by atoms with Crippen molar-refractivity contribution in [2.75, 3.05) is 0 Å². The van der Waals surface area contributed by atoms with Crippen LogP contribution in [0.3, 0.4) is 0 Å². The van der Waals surface area contributed by atoms with E-state index in [1.165, 1.54) is 39.0 Å². The summed E-state index contributed by atoms with van der Waals surface area (Å²) in [5.74, 6) is 2.82. The molecule has 0 aliphatic heterocycles. The minimum atomic E-state index is -0.00524. The second-order valence-corrected chi connectivity index (χ2v) is 6.41. The second-order valence-electron chi connectivity index (χ2n) is 6.41. The molecule has 0 aromatic heterocycles. The lowest BCUT2D eigenvalue weighted by Crippen LogP contribution is -2.06. The lowest BCUT2D eigenvalue weighted by atomic mass is 9.88. The summed E-state index contributed by atoms with van der Waals surface area (Å²) in [5, 5.41) is 0. The topological polar surface area (TPSA) is 34.1 Å². The van der Waals surface area contributed by atoms with E-state index in [9.17, 15) is 9.59 Å². The number of rotatable bonds is 9. The van der Waals surface area contributed by atoms with Crippen molar-refractivity contribution in [2.24, 2.45) is 17.8 Å². The van der Waals surface area contributed by atoms with Crippen LogP contribution in [0.4, 0.5) is 0 Å². The first kappa shape index (κ1) is 14.5. The van der Waals surface area contributed by atoms with Gasteiger partial charge in [-0.2, -0.15) is 0 Å². The molecule has 0 aromatic rings. The second kappa shape index (κ2) is 7.02. The molecule has 0 spiro atoms. The van der Waals surface area contributed by atoms with Crippen molar-refractivity contribution in [3.05, 3.63) is 12.2 Å². The number of hydrogen-bond donors (Lipinski definition) is 0. The highest BCUT2D eigenvalue weighted by Gasteiger charge is 2.34. The fourth-order valence-electron chi connectivity index (χ4n) is 3.67. The summed E-state index contributed by atoms with van der Waals surface area (Å²) in [6, 6.07) is 0. The first-order valence-electron chi connectivity index (χ1n) is 7.84. The van der Waals surface area contributed by atoms with E-state index in [1.54, 1.807) is 0 Å². The minimum absolute atomic E-state index is 0.00524. The summed E-state index contributed by atoms with van der Waals surface area (Å²) in [4.78, 5) is 22.1. The number of fused-ring (bicyclic) bond motifs is 2. The fraction of sp³-hybridized carbons (Fsp3) is 0.765. The van der Waals surface area contributed by atoms with Crippen LogP contribution in [0.1, 0.15) is 64.7 Å². The van der Waals surface area contributed by atoms with Crippen molar-refractivity contribution >= 4 is 11.6 Å². The van der Waals surface area contributed by atoms with E-state index in [4.69, 9.17) is 0 Å².